The van der Waals surface area contributed by atoms with E-state index in [0.717, 1.165) is 16.7 Å². The van der Waals surface area contributed by atoms with Crippen LogP contribution in [0.5, 0.6) is 0 Å². The molecule has 0 bridgehead atoms. The van der Waals surface area contributed by atoms with Gasteiger partial charge in [0.05, 0.1) is 0 Å². The minimum atomic E-state index is -1.28. The van der Waals surface area contributed by atoms with E-state index in [1.807, 2.05) is 32.0 Å². The summed E-state index contributed by atoms with van der Waals surface area (Å²) in [5.74, 6) is -2.88. The van der Waals surface area contributed by atoms with Gasteiger partial charge in [0, 0.05) is 17.6 Å². The highest BCUT2D eigenvalue weighted by atomic mass is 19.1. The van der Waals surface area contributed by atoms with Gasteiger partial charge in [0.2, 0.25) is 5.91 Å². The number of hydrogen-bond acceptors (Lipinski definition) is 3. The van der Waals surface area contributed by atoms with Crippen LogP contribution in [0.2, 0.25) is 0 Å². The van der Waals surface area contributed by atoms with Gasteiger partial charge in [-0.25, -0.2) is 4.39 Å². The summed E-state index contributed by atoms with van der Waals surface area (Å²) in [5.41, 5.74) is 3.42. The lowest BCUT2D eigenvalue weighted by Crippen LogP contribution is -2.32. The Bertz CT molecular complexity index is 721. The topological polar surface area (TPSA) is 69.2 Å². The third-order valence-electron chi connectivity index (χ3n) is 3.66. The number of carbonyl (C=O) groups is 2. The van der Waals surface area contributed by atoms with Crippen LogP contribution in [0.25, 0.3) is 0 Å². The van der Waals surface area contributed by atoms with Crippen LogP contribution in [0.1, 0.15) is 23.1 Å². The highest BCUT2D eigenvalue weighted by molar-refractivity contribution is 5.94. The number of aryl methyl sites for hydroxylation is 2. The lowest BCUT2D eigenvalue weighted by molar-refractivity contribution is -0.306. The van der Waals surface area contributed by atoms with Crippen molar-refractivity contribution in [2.75, 3.05) is 5.32 Å². The Hall–Kier alpha value is -2.69. The predicted octanol–water partition coefficient (Wildman–Crippen LogP) is 2.38. The van der Waals surface area contributed by atoms with Crippen LogP contribution < -0.4 is 10.4 Å². The Morgan fingerprint density at radius 2 is 1.67 bits per heavy atom. The number of carboxylic acids is 1. The molecule has 0 heterocycles. The summed E-state index contributed by atoms with van der Waals surface area (Å²) in [6, 6.07) is 11.2. The van der Waals surface area contributed by atoms with Crippen molar-refractivity contribution in [3.8, 4) is 0 Å². The van der Waals surface area contributed by atoms with Gasteiger partial charge >= 0.3 is 0 Å². The van der Waals surface area contributed by atoms with Crippen LogP contribution in [0.15, 0.2) is 42.5 Å². The molecule has 0 aliphatic carbocycles. The molecule has 5 heteroatoms. The molecule has 0 saturated carbocycles. The number of rotatable bonds is 6. The number of halogens is 1. The highest BCUT2D eigenvalue weighted by Crippen LogP contribution is 2.18. The van der Waals surface area contributed by atoms with E-state index < -0.39 is 23.6 Å². The van der Waals surface area contributed by atoms with Crippen molar-refractivity contribution in [2.45, 2.75) is 26.7 Å². The first-order chi connectivity index (χ1) is 11.3. The number of benzene rings is 2. The molecule has 0 aliphatic rings. The maximum absolute atomic E-state index is 12.9. The zero-order valence-corrected chi connectivity index (χ0v) is 13.6. The van der Waals surface area contributed by atoms with Crippen LogP contribution in [-0.2, 0) is 16.0 Å². The molecule has 1 atom stereocenters. The molecule has 0 saturated heterocycles. The van der Waals surface area contributed by atoms with Crippen LogP contribution >= 0.6 is 0 Å². The van der Waals surface area contributed by atoms with Crippen LogP contribution in [0.3, 0.4) is 0 Å². The molecule has 0 fully saturated rings. The average molecular weight is 328 g/mol. The Balaban J connectivity index is 2.15. The fourth-order valence-electron chi connectivity index (χ4n) is 2.71. The fourth-order valence-corrected chi connectivity index (χ4v) is 2.71. The number of hydrogen-bond donors (Lipinski definition) is 1. The SMILES string of the molecule is Cc1cc(C)cc(C[C@@H](CC(=O)[O-])C(=O)Nc2ccc(F)cc2)c1. The van der Waals surface area contributed by atoms with E-state index in [1.165, 1.54) is 24.3 Å². The van der Waals surface area contributed by atoms with Crippen LogP contribution in [0.4, 0.5) is 10.1 Å². The number of aliphatic carboxylic acids is 1. The molecule has 2 aromatic rings. The number of amides is 1. The molecule has 24 heavy (non-hydrogen) atoms. The monoisotopic (exact) mass is 328 g/mol. The van der Waals surface area contributed by atoms with Gasteiger partial charge in [-0.2, -0.15) is 0 Å². The van der Waals surface area contributed by atoms with Crippen molar-refractivity contribution >= 4 is 17.6 Å². The lowest BCUT2D eigenvalue weighted by atomic mass is 9.93. The van der Waals surface area contributed by atoms with Crippen molar-refractivity contribution in [2.24, 2.45) is 5.92 Å². The largest absolute Gasteiger partial charge is 0.550 e. The summed E-state index contributed by atoms with van der Waals surface area (Å²) in [7, 11) is 0. The molecule has 1 amide bonds. The van der Waals surface area contributed by atoms with Crippen molar-refractivity contribution < 1.29 is 19.1 Å². The molecule has 0 aromatic heterocycles. The molecule has 0 unspecified atom stereocenters. The molecule has 2 aromatic carbocycles. The van der Waals surface area contributed by atoms with E-state index in [-0.39, 0.29) is 6.42 Å². The normalized spacial score (nSPS) is 11.8. The molecule has 1 N–H and O–H groups in total. The molecular formula is C19H19FNO3-. The first kappa shape index (κ1) is 17.7. The van der Waals surface area contributed by atoms with Gasteiger partial charge in [-0.1, -0.05) is 29.3 Å². The summed E-state index contributed by atoms with van der Waals surface area (Å²) in [5, 5.41) is 13.6. The zero-order valence-electron chi connectivity index (χ0n) is 13.6. The Morgan fingerprint density at radius 3 is 2.21 bits per heavy atom. The number of carboxylic acid groups (broad SMARTS) is 1. The van der Waals surface area contributed by atoms with Gasteiger partial charge in [-0.15, -0.1) is 0 Å². The van der Waals surface area contributed by atoms with Gasteiger partial charge in [0.25, 0.3) is 0 Å². The third-order valence-corrected chi connectivity index (χ3v) is 3.66. The van der Waals surface area contributed by atoms with E-state index in [4.69, 9.17) is 0 Å². The maximum atomic E-state index is 12.9. The summed E-state index contributed by atoms with van der Waals surface area (Å²) < 4.78 is 12.9. The Kier molecular flexibility index (Phi) is 5.68. The average Bonchev–Trinajstić information content (AvgIpc) is 2.47. The van der Waals surface area contributed by atoms with Crippen molar-refractivity contribution in [3.63, 3.8) is 0 Å². The van der Waals surface area contributed by atoms with E-state index in [2.05, 4.69) is 5.32 Å². The predicted molar refractivity (Wildman–Crippen MR) is 87.8 cm³/mol. The molecular weight excluding hydrogens is 309 g/mol. The van der Waals surface area contributed by atoms with E-state index >= 15 is 0 Å². The minimum absolute atomic E-state index is 0.295. The van der Waals surface area contributed by atoms with E-state index in [1.54, 1.807) is 0 Å². The van der Waals surface area contributed by atoms with E-state index in [9.17, 15) is 19.1 Å². The Labute approximate surface area is 140 Å². The summed E-state index contributed by atoms with van der Waals surface area (Å²) in [6.07, 6.45) is -0.0798. The van der Waals surface area contributed by atoms with Crippen LogP contribution in [-0.4, -0.2) is 11.9 Å². The maximum Gasteiger partial charge on any atom is 0.228 e. The lowest BCUT2D eigenvalue weighted by Gasteiger charge is -2.18. The first-order valence-electron chi connectivity index (χ1n) is 7.67. The molecule has 4 nitrogen and oxygen atoms in total. The van der Waals surface area contributed by atoms with Crippen molar-refractivity contribution in [1.82, 2.24) is 0 Å². The smallest absolute Gasteiger partial charge is 0.228 e. The van der Waals surface area contributed by atoms with Crippen LogP contribution in [0, 0.1) is 25.6 Å². The van der Waals surface area contributed by atoms with Gasteiger partial charge in [-0.05, 0) is 56.5 Å². The summed E-state index contributed by atoms with van der Waals surface area (Å²) in [6.45, 7) is 3.89. The first-order valence-corrected chi connectivity index (χ1v) is 7.67. The second kappa shape index (κ2) is 7.73. The Morgan fingerprint density at radius 1 is 1.08 bits per heavy atom. The molecule has 0 spiro atoms. The van der Waals surface area contributed by atoms with Gasteiger partial charge < -0.3 is 15.2 Å². The molecule has 2 rings (SSSR count). The number of nitrogens with one attached hydrogen (secondary N) is 1. The zero-order chi connectivity index (χ0) is 17.7. The van der Waals surface area contributed by atoms with Gasteiger partial charge in [-0.3, -0.25) is 4.79 Å². The second-order valence-corrected chi connectivity index (χ2v) is 5.97. The summed E-state index contributed by atoms with van der Waals surface area (Å²) >= 11 is 0. The van der Waals surface area contributed by atoms with Gasteiger partial charge in [0.1, 0.15) is 5.82 Å². The molecule has 126 valence electrons. The highest BCUT2D eigenvalue weighted by Gasteiger charge is 2.20. The number of anilines is 1. The quantitative estimate of drug-likeness (QED) is 0.885. The van der Waals surface area contributed by atoms with Crippen molar-refractivity contribution in [1.29, 1.82) is 0 Å². The number of carbonyl (C=O) groups excluding carboxylic acids is 2. The second-order valence-electron chi connectivity index (χ2n) is 5.97. The van der Waals surface area contributed by atoms with Crippen molar-refractivity contribution in [3.05, 3.63) is 65.0 Å². The third kappa shape index (κ3) is 5.19. The fraction of sp³-hybridized carbons (Fsp3) is 0.263. The summed E-state index contributed by atoms with van der Waals surface area (Å²) in [4.78, 5) is 23.4. The molecule has 0 aliphatic heterocycles. The minimum Gasteiger partial charge on any atom is -0.550 e. The standard InChI is InChI=1S/C19H20FNO3/c1-12-7-13(2)9-14(8-12)10-15(11-18(22)23)19(24)21-17-5-3-16(20)4-6-17/h3-9,15H,10-11H2,1-2H3,(H,21,24)(H,22,23)/p-1/t15-/m0/s1. The molecule has 0 radical (unpaired) electrons. The van der Waals surface area contributed by atoms with Gasteiger partial charge in [0.15, 0.2) is 0 Å². The van der Waals surface area contributed by atoms with E-state index in [0.29, 0.717) is 12.1 Å².